The summed E-state index contributed by atoms with van der Waals surface area (Å²) < 4.78 is 11.7. The molecule has 0 saturated carbocycles. The number of ether oxygens (including phenoxy) is 1. The summed E-state index contributed by atoms with van der Waals surface area (Å²) in [7, 11) is 0. The van der Waals surface area contributed by atoms with Gasteiger partial charge in [0.1, 0.15) is 12.4 Å². The average Bonchev–Trinajstić information content (AvgIpc) is 2.62. The van der Waals surface area contributed by atoms with Gasteiger partial charge in [-0.3, -0.25) is 4.79 Å². The van der Waals surface area contributed by atoms with Crippen LogP contribution in [-0.4, -0.2) is 18.2 Å². The molecule has 0 aliphatic heterocycles. The van der Waals surface area contributed by atoms with Gasteiger partial charge in [0.25, 0.3) is 6.47 Å². The van der Waals surface area contributed by atoms with Crippen molar-refractivity contribution in [3.63, 3.8) is 0 Å². The maximum absolute atomic E-state index is 8.36. The number of terminal acetylenes is 2. The van der Waals surface area contributed by atoms with Crippen LogP contribution in [0, 0.1) is 35.5 Å². The van der Waals surface area contributed by atoms with E-state index in [4.69, 9.17) is 30.6 Å². The molecule has 0 radical (unpaired) electrons. The molecule has 0 aliphatic rings. The predicted octanol–water partition coefficient (Wildman–Crippen LogP) is 6.85. The summed E-state index contributed by atoms with van der Waals surface area (Å²) in [5, 5.41) is 6.89. The highest BCUT2D eigenvalue weighted by Gasteiger charge is 2.26. The normalized spacial score (nSPS) is 11.4. The van der Waals surface area contributed by atoms with Gasteiger partial charge >= 0.3 is 0 Å². The smallest absolute Gasteiger partial charge is 0.290 e. The summed E-state index contributed by atoms with van der Waals surface area (Å²) >= 11 is 1.92. The predicted molar refractivity (Wildman–Crippen MR) is 134 cm³/mol. The third kappa shape index (κ3) is 11.2. The lowest BCUT2D eigenvalue weighted by Crippen LogP contribution is -2.18. The van der Waals surface area contributed by atoms with Crippen molar-refractivity contribution in [3.05, 3.63) is 47.5 Å². The highest BCUT2D eigenvalue weighted by atomic mass is 127. The molecule has 0 heterocycles. The molecule has 0 spiro atoms. The number of carboxylic acid groups (broad SMARTS) is 1. The SMILES string of the molecule is C#CCC(C)(C)C/C(C(OI)=C(C)C)=C(/C=C)COC(=C)C(C)(C)CC#C.O=CO. The molecule has 30 heavy (non-hydrogen) atoms. The molecule has 0 unspecified atom stereocenters. The van der Waals surface area contributed by atoms with Crippen LogP contribution in [0.2, 0.25) is 0 Å². The Balaban J connectivity index is 0. The second kappa shape index (κ2) is 14.8. The Kier molecular flexibility index (Phi) is 14.8. The van der Waals surface area contributed by atoms with E-state index in [1.807, 2.05) is 56.8 Å². The molecular weight excluding hydrogens is 491 g/mol. The zero-order chi connectivity index (χ0) is 24.0. The molecule has 0 aliphatic carbocycles. The molecule has 1 N–H and O–H groups in total. The monoisotopic (exact) mass is 526 g/mol. The van der Waals surface area contributed by atoms with Gasteiger partial charge in [0, 0.05) is 23.8 Å². The topological polar surface area (TPSA) is 55.8 Å². The summed E-state index contributed by atoms with van der Waals surface area (Å²) in [6.07, 6.45) is 14.8. The van der Waals surface area contributed by atoms with Crippen molar-refractivity contribution in [3.8, 4) is 24.7 Å². The van der Waals surface area contributed by atoms with Crippen LogP contribution in [-0.2, 0) is 12.6 Å². The van der Waals surface area contributed by atoms with E-state index in [0.717, 1.165) is 28.9 Å². The summed E-state index contributed by atoms with van der Waals surface area (Å²) in [6, 6.07) is 0. The van der Waals surface area contributed by atoms with Gasteiger partial charge in [0.05, 0.1) is 5.76 Å². The first-order valence-corrected chi connectivity index (χ1v) is 10.3. The number of carbonyl (C=O) groups is 1. The second-order valence-corrected chi connectivity index (χ2v) is 8.86. The molecule has 0 rings (SSSR count). The number of halogens is 1. The molecule has 0 atom stereocenters. The van der Waals surface area contributed by atoms with E-state index >= 15 is 0 Å². The number of hydrogen-bond donors (Lipinski definition) is 1. The Morgan fingerprint density at radius 2 is 1.67 bits per heavy atom. The maximum Gasteiger partial charge on any atom is 0.290 e. The van der Waals surface area contributed by atoms with E-state index in [9.17, 15) is 0 Å². The Morgan fingerprint density at radius 3 is 2.03 bits per heavy atom. The summed E-state index contributed by atoms with van der Waals surface area (Å²) in [5.74, 6) is 6.95. The Hall–Kier alpha value is -2.12. The molecule has 0 bridgehead atoms. The Labute approximate surface area is 197 Å². The van der Waals surface area contributed by atoms with Crippen molar-refractivity contribution in [1.29, 1.82) is 0 Å². The second-order valence-electron chi connectivity index (χ2n) is 8.42. The lowest BCUT2D eigenvalue weighted by molar-refractivity contribution is -0.122. The van der Waals surface area contributed by atoms with Crippen LogP contribution in [0.1, 0.15) is 60.8 Å². The van der Waals surface area contributed by atoms with Crippen LogP contribution in [0.5, 0.6) is 0 Å². The quantitative estimate of drug-likeness (QED) is 0.105. The van der Waals surface area contributed by atoms with Gasteiger partial charge in [0.15, 0.2) is 23.0 Å². The molecule has 5 heteroatoms. The van der Waals surface area contributed by atoms with Gasteiger partial charge in [-0.25, -0.2) is 0 Å². The molecule has 0 amide bonds. The minimum atomic E-state index is -0.289. The van der Waals surface area contributed by atoms with Gasteiger partial charge in [0.2, 0.25) is 0 Å². The molecule has 0 aromatic rings. The van der Waals surface area contributed by atoms with Gasteiger partial charge in [-0.2, -0.15) is 0 Å². The van der Waals surface area contributed by atoms with Crippen LogP contribution >= 0.6 is 23.0 Å². The van der Waals surface area contributed by atoms with E-state index in [1.165, 1.54) is 0 Å². The first kappa shape index (κ1) is 30.1. The lowest BCUT2D eigenvalue weighted by atomic mass is 9.80. The molecule has 0 fully saturated rings. The largest absolute Gasteiger partial charge is 0.493 e. The van der Waals surface area contributed by atoms with Gasteiger partial charge in [-0.05, 0) is 36.8 Å². The highest BCUT2D eigenvalue weighted by molar-refractivity contribution is 14.1. The van der Waals surface area contributed by atoms with E-state index in [2.05, 4.69) is 38.8 Å². The summed E-state index contributed by atoms with van der Waals surface area (Å²) in [5.41, 5.74) is 2.74. The third-order valence-electron chi connectivity index (χ3n) is 4.38. The molecule has 166 valence electrons. The first-order chi connectivity index (χ1) is 13.9. The fraction of sp³-hybridized carbons (Fsp3) is 0.480. The van der Waals surface area contributed by atoms with Crippen LogP contribution in [0.15, 0.2) is 47.5 Å². The van der Waals surface area contributed by atoms with Crippen molar-refractivity contribution in [2.45, 2.75) is 60.8 Å². The number of hydrogen-bond acceptors (Lipinski definition) is 3. The van der Waals surface area contributed by atoms with E-state index < -0.39 is 0 Å². The maximum atomic E-state index is 8.36. The van der Waals surface area contributed by atoms with Crippen molar-refractivity contribution in [1.82, 2.24) is 0 Å². The van der Waals surface area contributed by atoms with Crippen LogP contribution in [0.25, 0.3) is 0 Å². The summed E-state index contributed by atoms with van der Waals surface area (Å²) in [4.78, 5) is 8.36. The molecule has 4 nitrogen and oxygen atoms in total. The average molecular weight is 526 g/mol. The minimum Gasteiger partial charge on any atom is -0.493 e. The molecular formula is C25H35IO4. The van der Waals surface area contributed by atoms with E-state index in [-0.39, 0.29) is 17.3 Å². The summed E-state index contributed by atoms with van der Waals surface area (Å²) in [6.45, 7) is 20.6. The number of rotatable bonds is 11. The van der Waals surface area contributed by atoms with E-state index in [1.54, 1.807) is 0 Å². The third-order valence-corrected chi connectivity index (χ3v) is 4.82. The van der Waals surface area contributed by atoms with Crippen molar-refractivity contribution in [2.24, 2.45) is 10.8 Å². The molecule has 0 aromatic heterocycles. The Bertz CT molecular complexity index is 736. The molecule has 0 saturated heterocycles. The highest BCUT2D eigenvalue weighted by Crippen LogP contribution is 2.37. The number of allylic oxidation sites excluding steroid dienone is 3. The van der Waals surface area contributed by atoms with Crippen molar-refractivity contribution in [2.75, 3.05) is 6.61 Å². The zero-order valence-electron chi connectivity index (χ0n) is 19.1. The first-order valence-electron chi connectivity index (χ1n) is 9.45. The standard InChI is InChI=1S/C24H33IO2.CH2O2/c1-11-14-23(7,8)16-21(22(27-25)18(4)5)20(13-3)17-26-19(6)24(9,10)15-12-2;2-1-3/h1-2,13H,3,6,14-17H2,4-5,7-10H3;1H,(H,2,3)/b21-20+;. The molecule has 0 aromatic carbocycles. The van der Waals surface area contributed by atoms with Crippen molar-refractivity contribution < 1.29 is 17.7 Å². The van der Waals surface area contributed by atoms with Crippen LogP contribution < -0.4 is 0 Å². The minimum absolute atomic E-state index is 0.0754. The fourth-order valence-electron chi connectivity index (χ4n) is 2.57. The fourth-order valence-corrected chi connectivity index (χ4v) is 3.27. The van der Waals surface area contributed by atoms with Gasteiger partial charge in [-0.15, -0.1) is 24.7 Å². The van der Waals surface area contributed by atoms with Crippen molar-refractivity contribution >= 4 is 29.5 Å². The van der Waals surface area contributed by atoms with E-state index in [0.29, 0.717) is 25.2 Å². The Morgan fingerprint density at radius 1 is 1.17 bits per heavy atom. The zero-order valence-corrected chi connectivity index (χ0v) is 21.3. The van der Waals surface area contributed by atoms with Crippen LogP contribution in [0.4, 0.5) is 0 Å². The van der Waals surface area contributed by atoms with Gasteiger partial charge < -0.3 is 12.9 Å². The van der Waals surface area contributed by atoms with Gasteiger partial charge in [-0.1, -0.05) is 46.9 Å². The lowest BCUT2D eigenvalue weighted by Gasteiger charge is -2.28. The van der Waals surface area contributed by atoms with Crippen LogP contribution in [0.3, 0.4) is 0 Å².